The van der Waals surface area contributed by atoms with Crippen molar-refractivity contribution in [2.75, 3.05) is 20.6 Å². The first kappa shape index (κ1) is 16.0. The quantitative estimate of drug-likeness (QED) is 0.914. The van der Waals surface area contributed by atoms with Gasteiger partial charge < -0.3 is 15.5 Å². The van der Waals surface area contributed by atoms with Crippen molar-refractivity contribution in [2.45, 2.75) is 44.3 Å². The van der Waals surface area contributed by atoms with E-state index in [1.165, 1.54) is 0 Å². The Morgan fingerprint density at radius 1 is 1.43 bits per heavy atom. The minimum Gasteiger partial charge on any atom is -0.341 e. The van der Waals surface area contributed by atoms with E-state index >= 15 is 0 Å². The lowest BCUT2D eigenvalue weighted by molar-refractivity contribution is -0.134. The van der Waals surface area contributed by atoms with E-state index in [0.29, 0.717) is 18.5 Å². The first-order valence-electron chi connectivity index (χ1n) is 7.75. The maximum Gasteiger partial charge on any atom is 0.239 e. The van der Waals surface area contributed by atoms with Gasteiger partial charge in [-0.2, -0.15) is 0 Å². The van der Waals surface area contributed by atoms with Crippen molar-refractivity contribution >= 4 is 5.91 Å². The van der Waals surface area contributed by atoms with Crippen LogP contribution in [0, 0.1) is 0 Å². The molecule has 1 aliphatic rings. The molecule has 21 heavy (non-hydrogen) atoms. The summed E-state index contributed by atoms with van der Waals surface area (Å²) in [5.41, 5.74) is 7.23. The minimum atomic E-state index is -0.452. The molecule has 0 bridgehead atoms. The maximum atomic E-state index is 12.5. The molecule has 2 rings (SSSR count). The van der Waals surface area contributed by atoms with Gasteiger partial charge in [0.05, 0.1) is 6.04 Å². The molecule has 1 saturated heterocycles. The Balaban J connectivity index is 1.92. The zero-order valence-corrected chi connectivity index (χ0v) is 13.3. The van der Waals surface area contributed by atoms with Crippen LogP contribution in [0.5, 0.6) is 0 Å². The van der Waals surface area contributed by atoms with Crippen LogP contribution in [0.25, 0.3) is 0 Å². The van der Waals surface area contributed by atoms with Crippen molar-refractivity contribution < 1.29 is 4.79 Å². The molecule has 1 amide bonds. The average molecular weight is 289 g/mol. The van der Waals surface area contributed by atoms with Crippen LogP contribution in [0.15, 0.2) is 30.3 Å². The molecule has 1 aromatic carbocycles. The molecule has 0 spiro atoms. The summed E-state index contributed by atoms with van der Waals surface area (Å²) in [6.07, 6.45) is 2.66. The number of likely N-dealkylation sites (N-methyl/N-ethyl adjacent to an activating group) is 1. The number of benzene rings is 1. The van der Waals surface area contributed by atoms with Crippen LogP contribution in [0.4, 0.5) is 0 Å². The van der Waals surface area contributed by atoms with Gasteiger partial charge in [-0.05, 0) is 38.8 Å². The number of piperidine rings is 1. The first-order chi connectivity index (χ1) is 9.99. The van der Waals surface area contributed by atoms with Crippen molar-refractivity contribution in [1.29, 1.82) is 0 Å². The van der Waals surface area contributed by atoms with E-state index in [0.717, 1.165) is 24.9 Å². The Bertz CT molecular complexity index is 462. The van der Waals surface area contributed by atoms with Crippen LogP contribution in [0.1, 0.15) is 25.3 Å². The molecule has 0 aromatic heterocycles. The number of nitrogens with two attached hydrogens (primary N) is 1. The van der Waals surface area contributed by atoms with Crippen molar-refractivity contribution in [3.05, 3.63) is 35.9 Å². The highest BCUT2D eigenvalue weighted by Gasteiger charge is 2.30. The molecule has 1 heterocycles. The van der Waals surface area contributed by atoms with Crippen molar-refractivity contribution in [3.8, 4) is 0 Å². The number of amides is 1. The van der Waals surface area contributed by atoms with Crippen LogP contribution in [0.3, 0.4) is 0 Å². The zero-order valence-electron chi connectivity index (χ0n) is 13.3. The molecule has 0 radical (unpaired) electrons. The van der Waals surface area contributed by atoms with E-state index in [-0.39, 0.29) is 5.91 Å². The number of likely N-dealkylation sites (tertiary alicyclic amines) is 1. The molecule has 1 aromatic rings. The minimum absolute atomic E-state index is 0.0561. The summed E-state index contributed by atoms with van der Waals surface area (Å²) in [7, 11) is 4.04. The van der Waals surface area contributed by atoms with Gasteiger partial charge in [-0.25, -0.2) is 0 Å². The summed E-state index contributed by atoms with van der Waals surface area (Å²) in [5, 5.41) is 0. The summed E-state index contributed by atoms with van der Waals surface area (Å²) < 4.78 is 0. The molecule has 0 aliphatic carbocycles. The van der Waals surface area contributed by atoms with E-state index in [1.54, 1.807) is 0 Å². The van der Waals surface area contributed by atoms with E-state index in [9.17, 15) is 4.79 Å². The number of nitrogens with zero attached hydrogens (tertiary/aromatic N) is 2. The van der Waals surface area contributed by atoms with Gasteiger partial charge in [0.15, 0.2) is 0 Å². The second-order valence-electron chi connectivity index (χ2n) is 6.25. The van der Waals surface area contributed by atoms with E-state index < -0.39 is 6.04 Å². The fourth-order valence-electron chi connectivity index (χ4n) is 3.01. The van der Waals surface area contributed by atoms with Gasteiger partial charge in [0.25, 0.3) is 0 Å². The summed E-state index contributed by atoms with van der Waals surface area (Å²) in [5.74, 6) is 0.0561. The van der Waals surface area contributed by atoms with Gasteiger partial charge >= 0.3 is 0 Å². The molecule has 2 N–H and O–H groups in total. The fraction of sp³-hybridized carbons (Fsp3) is 0.588. The molecule has 3 atom stereocenters. The molecule has 116 valence electrons. The maximum absolute atomic E-state index is 12.5. The normalized spacial score (nSPS) is 24.6. The summed E-state index contributed by atoms with van der Waals surface area (Å²) in [6.45, 7) is 3.26. The molecule has 0 unspecified atom stereocenters. The lowest BCUT2D eigenvalue weighted by atomic mass is 9.96. The Morgan fingerprint density at radius 2 is 2.10 bits per heavy atom. The Hall–Kier alpha value is -1.39. The lowest BCUT2D eigenvalue weighted by Crippen LogP contribution is -2.52. The number of hydrogen-bond donors (Lipinski definition) is 1. The lowest BCUT2D eigenvalue weighted by Gasteiger charge is -2.40. The average Bonchev–Trinajstić information content (AvgIpc) is 2.49. The Kier molecular flexibility index (Phi) is 5.37. The molecule has 1 aliphatic heterocycles. The third kappa shape index (κ3) is 4.05. The molecule has 0 saturated carbocycles. The van der Waals surface area contributed by atoms with Crippen LogP contribution in [-0.4, -0.2) is 54.5 Å². The van der Waals surface area contributed by atoms with Crippen molar-refractivity contribution in [2.24, 2.45) is 5.73 Å². The SMILES string of the molecule is C[C@H]1C[C@H](N(C)C(=O)[C@@H](N)Cc2ccccc2)CCN1C. The van der Waals surface area contributed by atoms with E-state index in [4.69, 9.17) is 5.73 Å². The summed E-state index contributed by atoms with van der Waals surface area (Å²) in [6, 6.07) is 10.4. The smallest absolute Gasteiger partial charge is 0.239 e. The van der Waals surface area contributed by atoms with Gasteiger partial charge in [0.1, 0.15) is 0 Å². The largest absolute Gasteiger partial charge is 0.341 e. The highest BCUT2D eigenvalue weighted by Crippen LogP contribution is 2.20. The monoisotopic (exact) mass is 289 g/mol. The topological polar surface area (TPSA) is 49.6 Å². The van der Waals surface area contributed by atoms with Crippen molar-refractivity contribution in [1.82, 2.24) is 9.80 Å². The van der Waals surface area contributed by atoms with Gasteiger partial charge in [0, 0.05) is 25.7 Å². The second-order valence-corrected chi connectivity index (χ2v) is 6.25. The summed E-state index contributed by atoms with van der Waals surface area (Å²) in [4.78, 5) is 16.7. The van der Waals surface area contributed by atoms with E-state index in [1.807, 2.05) is 42.3 Å². The van der Waals surface area contributed by atoms with Crippen LogP contribution >= 0.6 is 0 Å². The molecule has 1 fully saturated rings. The van der Waals surface area contributed by atoms with Gasteiger partial charge in [0.2, 0.25) is 5.91 Å². The predicted molar refractivity (Wildman–Crippen MR) is 86.0 cm³/mol. The number of rotatable bonds is 4. The van der Waals surface area contributed by atoms with E-state index in [2.05, 4.69) is 18.9 Å². The number of carbonyl (C=O) groups excluding carboxylic acids is 1. The zero-order chi connectivity index (χ0) is 15.4. The van der Waals surface area contributed by atoms with Crippen LogP contribution < -0.4 is 5.73 Å². The fourth-order valence-corrected chi connectivity index (χ4v) is 3.01. The van der Waals surface area contributed by atoms with Crippen LogP contribution in [0.2, 0.25) is 0 Å². The van der Waals surface area contributed by atoms with Gasteiger partial charge in [-0.3, -0.25) is 4.79 Å². The third-order valence-electron chi connectivity index (χ3n) is 4.69. The number of hydrogen-bond acceptors (Lipinski definition) is 3. The standard InChI is InChI=1S/C17H27N3O/c1-13-11-15(9-10-19(13)2)20(3)17(21)16(18)12-14-7-5-4-6-8-14/h4-8,13,15-16H,9-12,18H2,1-3H3/t13-,15+,16-/m0/s1. The molecular formula is C17H27N3O. The Labute approximate surface area is 127 Å². The third-order valence-corrected chi connectivity index (χ3v) is 4.69. The predicted octanol–water partition coefficient (Wildman–Crippen LogP) is 1.50. The van der Waals surface area contributed by atoms with Gasteiger partial charge in [-0.1, -0.05) is 30.3 Å². The highest BCUT2D eigenvalue weighted by atomic mass is 16.2. The van der Waals surface area contributed by atoms with Gasteiger partial charge in [-0.15, -0.1) is 0 Å². The molecule has 4 heteroatoms. The first-order valence-corrected chi connectivity index (χ1v) is 7.75. The van der Waals surface area contributed by atoms with Crippen molar-refractivity contribution in [3.63, 3.8) is 0 Å². The highest BCUT2D eigenvalue weighted by molar-refractivity contribution is 5.82. The second kappa shape index (κ2) is 7.05. The molecule has 4 nitrogen and oxygen atoms in total. The summed E-state index contributed by atoms with van der Waals surface area (Å²) >= 11 is 0. The molecular weight excluding hydrogens is 262 g/mol. The number of carbonyl (C=O) groups is 1. The Morgan fingerprint density at radius 3 is 2.71 bits per heavy atom. The van der Waals surface area contributed by atoms with Crippen LogP contribution in [-0.2, 0) is 11.2 Å².